The van der Waals surface area contributed by atoms with Gasteiger partial charge in [0.2, 0.25) is 5.91 Å². The number of esters is 1. The van der Waals surface area contributed by atoms with E-state index in [9.17, 15) is 35.9 Å². The molecule has 0 saturated carbocycles. The molecule has 0 radical (unpaired) electrons. The first-order chi connectivity index (χ1) is 13.3. The number of hydrogen-bond acceptors (Lipinski definition) is 7. The summed E-state index contributed by atoms with van der Waals surface area (Å²) in [6.45, 7) is 3.94. The molecule has 7 N–H and O–H groups in total. The molecular formula is C14H23F6N3O7. The van der Waals surface area contributed by atoms with Gasteiger partial charge in [0.15, 0.2) is 0 Å². The molecule has 0 fully saturated rings. The molecule has 0 aliphatic heterocycles. The van der Waals surface area contributed by atoms with E-state index in [-0.39, 0.29) is 12.5 Å². The molecular weight excluding hydrogens is 436 g/mol. The van der Waals surface area contributed by atoms with Gasteiger partial charge in [0.1, 0.15) is 6.04 Å². The molecule has 0 aliphatic carbocycles. The number of hydrogen-bond donors (Lipinski definition) is 5. The fraction of sp³-hybridized carbons (Fsp3) is 0.714. The highest BCUT2D eigenvalue weighted by Gasteiger charge is 2.38. The van der Waals surface area contributed by atoms with Crippen LogP contribution < -0.4 is 16.8 Å². The van der Waals surface area contributed by atoms with E-state index in [2.05, 4.69) is 10.1 Å². The van der Waals surface area contributed by atoms with Gasteiger partial charge in [-0.1, -0.05) is 13.8 Å². The van der Waals surface area contributed by atoms with E-state index in [1.54, 1.807) is 0 Å². The molecule has 2 atom stereocenters. The van der Waals surface area contributed by atoms with Gasteiger partial charge in [-0.3, -0.25) is 4.79 Å². The van der Waals surface area contributed by atoms with Gasteiger partial charge in [0, 0.05) is 6.54 Å². The molecule has 0 aliphatic rings. The van der Waals surface area contributed by atoms with Crippen molar-refractivity contribution in [2.45, 2.75) is 44.7 Å². The highest BCUT2D eigenvalue weighted by molar-refractivity contribution is 5.87. The van der Waals surface area contributed by atoms with Crippen LogP contribution in [-0.4, -0.2) is 72.1 Å². The first-order valence-corrected chi connectivity index (χ1v) is 7.75. The fourth-order valence-corrected chi connectivity index (χ4v) is 1.21. The van der Waals surface area contributed by atoms with E-state index in [1.807, 2.05) is 13.8 Å². The van der Waals surface area contributed by atoms with E-state index in [0.29, 0.717) is 6.42 Å². The van der Waals surface area contributed by atoms with E-state index in [1.165, 1.54) is 7.11 Å². The smallest absolute Gasteiger partial charge is 0.475 e. The van der Waals surface area contributed by atoms with Gasteiger partial charge in [0.25, 0.3) is 0 Å². The van der Waals surface area contributed by atoms with Crippen molar-refractivity contribution in [1.29, 1.82) is 0 Å². The third-order valence-corrected chi connectivity index (χ3v) is 2.59. The van der Waals surface area contributed by atoms with Gasteiger partial charge >= 0.3 is 30.3 Å². The van der Waals surface area contributed by atoms with E-state index in [0.717, 1.165) is 0 Å². The summed E-state index contributed by atoms with van der Waals surface area (Å²) in [5.41, 5.74) is 10.7. The standard InChI is InChI=1S/C10H21N3O3.2C2HF3O2/c1-6(2)4-8(10(15)16-3)13-9(14)7(12)5-11;2*3-2(4,5)1(6)7/h6-8H,4-5,11-12H2,1-3H3,(H,13,14);2*(H,6,7)/t7-,8-;;/m0../s1. The predicted octanol–water partition coefficient (Wildman–Crippen LogP) is 0.243. The summed E-state index contributed by atoms with van der Waals surface area (Å²) in [6.07, 6.45) is -9.66. The molecule has 30 heavy (non-hydrogen) atoms. The zero-order chi connectivity index (χ0) is 24.9. The first-order valence-electron chi connectivity index (χ1n) is 7.75. The van der Waals surface area contributed by atoms with Gasteiger partial charge in [-0.2, -0.15) is 26.3 Å². The maximum Gasteiger partial charge on any atom is 0.490 e. The maximum absolute atomic E-state index is 11.5. The molecule has 0 bridgehead atoms. The van der Waals surface area contributed by atoms with Crippen molar-refractivity contribution in [2.75, 3.05) is 13.7 Å². The van der Waals surface area contributed by atoms with Crippen molar-refractivity contribution < 1.29 is 60.5 Å². The third-order valence-electron chi connectivity index (χ3n) is 2.59. The predicted molar refractivity (Wildman–Crippen MR) is 87.8 cm³/mol. The summed E-state index contributed by atoms with van der Waals surface area (Å²) in [6, 6.07) is -1.45. The molecule has 16 heteroatoms. The highest BCUT2D eigenvalue weighted by atomic mass is 19.4. The SMILES string of the molecule is COC(=O)[C@H](CC(C)C)NC(=O)[C@@H](N)CN.O=C(O)C(F)(F)F.O=C(O)C(F)(F)F. The molecule has 0 aromatic carbocycles. The zero-order valence-electron chi connectivity index (χ0n) is 16.0. The number of carboxylic acids is 2. The Morgan fingerprint density at radius 1 is 0.967 bits per heavy atom. The van der Waals surface area contributed by atoms with Crippen LogP contribution in [0, 0.1) is 5.92 Å². The maximum atomic E-state index is 11.5. The van der Waals surface area contributed by atoms with Crippen molar-refractivity contribution in [3.8, 4) is 0 Å². The van der Waals surface area contributed by atoms with Crippen LogP contribution in [0.1, 0.15) is 20.3 Å². The number of aliphatic carboxylic acids is 2. The van der Waals surface area contributed by atoms with Crippen molar-refractivity contribution >= 4 is 23.8 Å². The third kappa shape index (κ3) is 17.5. The van der Waals surface area contributed by atoms with Crippen molar-refractivity contribution in [2.24, 2.45) is 17.4 Å². The summed E-state index contributed by atoms with van der Waals surface area (Å²) in [4.78, 5) is 40.6. The molecule has 0 heterocycles. The number of ether oxygens (including phenoxy) is 1. The fourth-order valence-electron chi connectivity index (χ4n) is 1.21. The monoisotopic (exact) mass is 459 g/mol. The van der Waals surface area contributed by atoms with Crippen LogP contribution in [0.2, 0.25) is 0 Å². The Kier molecular flexibility index (Phi) is 15.4. The van der Waals surface area contributed by atoms with Crippen LogP contribution in [0.25, 0.3) is 0 Å². The average Bonchev–Trinajstić information content (AvgIpc) is 2.58. The number of amides is 1. The van der Waals surface area contributed by atoms with E-state index in [4.69, 9.17) is 31.3 Å². The van der Waals surface area contributed by atoms with Crippen LogP contribution >= 0.6 is 0 Å². The molecule has 10 nitrogen and oxygen atoms in total. The Labute approximate surface area is 166 Å². The Bertz CT molecular complexity index is 543. The molecule has 1 amide bonds. The molecule has 0 aromatic rings. The van der Waals surface area contributed by atoms with Crippen LogP contribution in [0.3, 0.4) is 0 Å². The number of carboxylic acid groups (broad SMARTS) is 2. The quantitative estimate of drug-likeness (QED) is 0.274. The second kappa shape index (κ2) is 14.4. The lowest BCUT2D eigenvalue weighted by molar-refractivity contribution is -0.193. The molecule has 0 rings (SSSR count). The lowest BCUT2D eigenvalue weighted by atomic mass is 10.0. The summed E-state index contributed by atoms with van der Waals surface area (Å²) in [5.74, 6) is -6.15. The van der Waals surface area contributed by atoms with Crippen molar-refractivity contribution in [3.05, 3.63) is 0 Å². The Morgan fingerprint density at radius 2 is 1.30 bits per heavy atom. The lowest BCUT2D eigenvalue weighted by Crippen LogP contribution is -2.51. The highest BCUT2D eigenvalue weighted by Crippen LogP contribution is 2.13. The minimum Gasteiger partial charge on any atom is -0.475 e. The first kappa shape index (κ1) is 32.1. The molecule has 0 saturated heterocycles. The van der Waals surface area contributed by atoms with Gasteiger partial charge in [-0.05, 0) is 12.3 Å². The number of nitrogens with two attached hydrogens (primary N) is 2. The summed E-state index contributed by atoms with van der Waals surface area (Å²) < 4.78 is 68.1. The second-order valence-corrected chi connectivity index (χ2v) is 5.66. The zero-order valence-corrected chi connectivity index (χ0v) is 16.0. The summed E-state index contributed by atoms with van der Waals surface area (Å²) in [7, 11) is 1.28. The van der Waals surface area contributed by atoms with Gasteiger partial charge < -0.3 is 31.7 Å². The van der Waals surface area contributed by atoms with Gasteiger partial charge in [0.05, 0.1) is 13.2 Å². The van der Waals surface area contributed by atoms with Crippen LogP contribution in [0.15, 0.2) is 0 Å². The van der Waals surface area contributed by atoms with Crippen molar-refractivity contribution in [1.82, 2.24) is 5.32 Å². The minimum atomic E-state index is -5.08. The Morgan fingerprint density at radius 3 is 1.50 bits per heavy atom. The van der Waals surface area contributed by atoms with Gasteiger partial charge in [-0.15, -0.1) is 0 Å². The number of methoxy groups -OCH3 is 1. The number of carbonyl (C=O) groups excluding carboxylic acids is 2. The largest absolute Gasteiger partial charge is 0.490 e. The number of nitrogens with one attached hydrogen (secondary N) is 1. The average molecular weight is 459 g/mol. The van der Waals surface area contributed by atoms with Gasteiger partial charge in [-0.25, -0.2) is 14.4 Å². The molecule has 0 unspecified atom stereocenters. The Hall–Kier alpha value is -2.62. The lowest BCUT2D eigenvalue weighted by Gasteiger charge is -2.19. The van der Waals surface area contributed by atoms with Crippen LogP contribution in [0.5, 0.6) is 0 Å². The van der Waals surface area contributed by atoms with Crippen LogP contribution in [-0.2, 0) is 23.9 Å². The second-order valence-electron chi connectivity index (χ2n) is 5.66. The van der Waals surface area contributed by atoms with E-state index >= 15 is 0 Å². The summed E-state index contributed by atoms with van der Waals surface area (Å²) in [5, 5.41) is 16.8. The number of halogens is 6. The summed E-state index contributed by atoms with van der Waals surface area (Å²) >= 11 is 0. The minimum absolute atomic E-state index is 0.0431. The number of alkyl halides is 6. The van der Waals surface area contributed by atoms with E-state index < -0.39 is 48.3 Å². The Balaban J connectivity index is -0.000000430. The normalized spacial score (nSPS) is 12.9. The number of rotatable bonds is 6. The van der Waals surface area contributed by atoms with Crippen LogP contribution in [0.4, 0.5) is 26.3 Å². The molecule has 0 spiro atoms. The number of carbonyl (C=O) groups is 4. The molecule has 0 aromatic heterocycles. The molecule has 178 valence electrons. The topological polar surface area (TPSA) is 182 Å². The van der Waals surface area contributed by atoms with Crippen molar-refractivity contribution in [3.63, 3.8) is 0 Å².